The summed E-state index contributed by atoms with van der Waals surface area (Å²) in [7, 11) is 1.74. The summed E-state index contributed by atoms with van der Waals surface area (Å²) in [6.45, 7) is 4.60. The Morgan fingerprint density at radius 2 is 1.78 bits per heavy atom. The molecule has 0 radical (unpaired) electrons. The first kappa shape index (κ1) is 26.3. The number of likely N-dealkylation sites (N-methyl/N-ethyl adjacent to an activating group) is 1. The molecule has 0 aliphatic carbocycles. The first-order valence-corrected chi connectivity index (χ1v) is 11.9. The molecule has 10 heteroatoms. The van der Waals surface area contributed by atoms with Crippen molar-refractivity contribution in [1.29, 1.82) is 0 Å². The van der Waals surface area contributed by atoms with Gasteiger partial charge in [0.2, 0.25) is 5.91 Å². The lowest BCUT2D eigenvalue weighted by Gasteiger charge is -2.46. The van der Waals surface area contributed by atoms with Crippen LogP contribution in [-0.2, 0) is 11.2 Å². The number of carbonyl (C=O) groups is 2. The monoisotopic (exact) mass is 511 g/mol. The van der Waals surface area contributed by atoms with Gasteiger partial charge in [-0.05, 0) is 36.2 Å². The van der Waals surface area contributed by atoms with E-state index < -0.39 is 34.5 Å². The van der Waals surface area contributed by atoms with Gasteiger partial charge in [0.1, 0.15) is 28.8 Å². The number of halogens is 3. The molecule has 3 aromatic rings. The van der Waals surface area contributed by atoms with Crippen molar-refractivity contribution < 1.29 is 22.8 Å². The third-order valence-electron chi connectivity index (χ3n) is 6.81. The Kier molecular flexibility index (Phi) is 7.58. The van der Waals surface area contributed by atoms with Crippen LogP contribution in [0.1, 0.15) is 29.9 Å². The highest BCUT2D eigenvalue weighted by Gasteiger charge is 2.36. The van der Waals surface area contributed by atoms with Crippen LogP contribution in [-0.4, -0.2) is 58.8 Å². The van der Waals surface area contributed by atoms with Crippen LogP contribution in [0.5, 0.6) is 0 Å². The first-order valence-electron chi connectivity index (χ1n) is 11.9. The number of aromatic nitrogens is 2. The number of carbonyl (C=O) groups excluding carboxylic acids is 2. The van der Waals surface area contributed by atoms with Crippen LogP contribution in [0.4, 0.5) is 18.9 Å². The van der Waals surface area contributed by atoms with Crippen molar-refractivity contribution in [2.45, 2.75) is 32.4 Å². The van der Waals surface area contributed by atoms with Gasteiger partial charge < -0.3 is 15.5 Å². The quantitative estimate of drug-likeness (QED) is 0.509. The van der Waals surface area contributed by atoms with E-state index in [2.05, 4.69) is 14.9 Å². The molecule has 0 saturated carbocycles. The molecule has 37 heavy (non-hydrogen) atoms. The number of anilines is 1. The lowest BCUT2D eigenvalue weighted by molar-refractivity contribution is -0.131. The number of benzene rings is 1. The molecule has 1 aromatic carbocycles. The second kappa shape index (κ2) is 10.7. The Labute approximate surface area is 213 Å². The van der Waals surface area contributed by atoms with E-state index in [0.29, 0.717) is 18.7 Å². The van der Waals surface area contributed by atoms with Gasteiger partial charge in [0.25, 0.3) is 0 Å². The number of Topliss-reactive ketones (excluding diaryl/α,β-unsaturated/α-hetero) is 1. The molecule has 194 valence electrons. The summed E-state index contributed by atoms with van der Waals surface area (Å²) in [5, 5.41) is 0. The summed E-state index contributed by atoms with van der Waals surface area (Å²) in [6, 6.07) is 6.68. The normalized spacial score (nSPS) is 19.5. The molecule has 3 heterocycles. The maximum absolute atomic E-state index is 14.5. The molecule has 7 nitrogen and oxygen atoms in total. The van der Waals surface area contributed by atoms with Crippen LogP contribution >= 0.6 is 0 Å². The molecular weight excluding hydrogens is 483 g/mol. The van der Waals surface area contributed by atoms with E-state index in [4.69, 9.17) is 5.73 Å². The summed E-state index contributed by atoms with van der Waals surface area (Å²) in [5.74, 6) is -3.35. The summed E-state index contributed by atoms with van der Waals surface area (Å²) in [5.41, 5.74) is 6.51. The number of pyridine rings is 2. The Bertz CT molecular complexity index is 1300. The van der Waals surface area contributed by atoms with Gasteiger partial charge in [0, 0.05) is 63.2 Å². The minimum Gasteiger partial charge on any atom is -0.369 e. The van der Waals surface area contributed by atoms with Gasteiger partial charge in [-0.2, -0.15) is 0 Å². The van der Waals surface area contributed by atoms with Gasteiger partial charge >= 0.3 is 0 Å². The van der Waals surface area contributed by atoms with Gasteiger partial charge in [-0.1, -0.05) is 13.0 Å². The van der Waals surface area contributed by atoms with Crippen molar-refractivity contribution >= 4 is 17.4 Å². The molecule has 1 aliphatic rings. The van der Waals surface area contributed by atoms with E-state index in [0.717, 1.165) is 23.9 Å². The molecule has 0 bridgehead atoms. The Morgan fingerprint density at radius 1 is 1.08 bits per heavy atom. The highest BCUT2D eigenvalue weighted by molar-refractivity contribution is 5.97. The highest BCUT2D eigenvalue weighted by Crippen LogP contribution is 2.30. The van der Waals surface area contributed by atoms with Crippen molar-refractivity contribution in [3.63, 3.8) is 0 Å². The SMILES string of the molecule is CC(=O)N(C)[C@@H]1[C@H](N)CN(c2ccncc2CC(=O)c2ccc(F)c(-c3c(F)cccc3F)n2)C[C@@H]1C. The second-order valence-electron chi connectivity index (χ2n) is 9.39. The maximum Gasteiger partial charge on any atom is 0.219 e. The van der Waals surface area contributed by atoms with E-state index in [1.165, 1.54) is 19.1 Å². The van der Waals surface area contributed by atoms with Crippen molar-refractivity contribution in [3.05, 3.63) is 77.5 Å². The molecule has 4 rings (SSSR count). The topological polar surface area (TPSA) is 92.4 Å². The number of amides is 1. The number of ketones is 1. The second-order valence-corrected chi connectivity index (χ2v) is 9.39. The minimum absolute atomic E-state index is 0.0580. The molecule has 0 spiro atoms. The fraction of sp³-hybridized carbons (Fsp3) is 0.333. The van der Waals surface area contributed by atoms with Crippen LogP contribution in [0.2, 0.25) is 0 Å². The van der Waals surface area contributed by atoms with Gasteiger partial charge in [-0.15, -0.1) is 0 Å². The molecule has 2 aromatic heterocycles. The molecular formula is C27H28F3N5O2. The van der Waals surface area contributed by atoms with Gasteiger partial charge in [0.15, 0.2) is 5.78 Å². The summed E-state index contributed by atoms with van der Waals surface area (Å²) >= 11 is 0. The van der Waals surface area contributed by atoms with E-state index in [1.807, 2.05) is 6.92 Å². The maximum atomic E-state index is 14.5. The zero-order chi connectivity index (χ0) is 26.9. The van der Waals surface area contributed by atoms with Gasteiger partial charge in [0.05, 0.1) is 11.6 Å². The summed E-state index contributed by atoms with van der Waals surface area (Å²) < 4.78 is 43.0. The number of rotatable bonds is 6. The van der Waals surface area contributed by atoms with E-state index in [-0.39, 0.29) is 36.0 Å². The molecule has 1 saturated heterocycles. The number of piperidine rings is 1. The third kappa shape index (κ3) is 5.34. The Morgan fingerprint density at radius 3 is 2.43 bits per heavy atom. The van der Waals surface area contributed by atoms with Crippen LogP contribution in [0.15, 0.2) is 48.8 Å². The van der Waals surface area contributed by atoms with Crippen LogP contribution in [0.25, 0.3) is 11.3 Å². The third-order valence-corrected chi connectivity index (χ3v) is 6.81. The van der Waals surface area contributed by atoms with E-state index in [1.54, 1.807) is 30.4 Å². The standard InChI is InChI=1S/C27H28F3N5O2/c1-15-13-35(14-21(31)27(15)34(3)16(2)36)23-9-10-32-12-17(23)11-24(37)22-8-7-20(30)26(33-22)25-18(28)5-4-6-19(25)29/h4-10,12,15,21,27H,11,13-14,31H2,1-3H3/t15-,21+,27-/m0/s1. The van der Waals surface area contributed by atoms with Crippen LogP contribution in [0, 0.1) is 23.4 Å². The van der Waals surface area contributed by atoms with Crippen molar-refractivity contribution in [1.82, 2.24) is 14.9 Å². The van der Waals surface area contributed by atoms with Crippen LogP contribution in [0.3, 0.4) is 0 Å². The molecule has 2 N–H and O–H groups in total. The predicted molar refractivity (Wildman–Crippen MR) is 133 cm³/mol. The summed E-state index contributed by atoms with van der Waals surface area (Å²) in [4.78, 5) is 36.9. The number of hydrogen-bond acceptors (Lipinski definition) is 6. The van der Waals surface area contributed by atoms with Gasteiger partial charge in [-0.25, -0.2) is 18.2 Å². The largest absolute Gasteiger partial charge is 0.369 e. The zero-order valence-electron chi connectivity index (χ0n) is 20.8. The summed E-state index contributed by atoms with van der Waals surface area (Å²) in [6.07, 6.45) is 3.07. The zero-order valence-corrected chi connectivity index (χ0v) is 20.8. The lowest BCUT2D eigenvalue weighted by Crippen LogP contribution is -2.62. The minimum atomic E-state index is -0.977. The van der Waals surface area contributed by atoms with E-state index >= 15 is 0 Å². The lowest BCUT2D eigenvalue weighted by atomic mass is 9.88. The smallest absolute Gasteiger partial charge is 0.219 e. The Hall–Kier alpha value is -3.79. The average Bonchev–Trinajstić information content (AvgIpc) is 2.84. The van der Waals surface area contributed by atoms with E-state index in [9.17, 15) is 22.8 Å². The molecule has 1 aliphatic heterocycles. The first-order chi connectivity index (χ1) is 17.6. The Balaban J connectivity index is 1.59. The molecule has 1 fully saturated rings. The number of hydrogen-bond donors (Lipinski definition) is 1. The molecule has 1 amide bonds. The molecule has 3 atom stereocenters. The number of nitrogens with two attached hydrogens (primary N) is 1. The highest BCUT2D eigenvalue weighted by atomic mass is 19.1. The van der Waals surface area contributed by atoms with Crippen molar-refractivity contribution in [3.8, 4) is 11.3 Å². The fourth-order valence-corrected chi connectivity index (χ4v) is 5.02. The predicted octanol–water partition coefficient (Wildman–Crippen LogP) is 3.62. The fourth-order valence-electron chi connectivity index (χ4n) is 5.02. The van der Waals surface area contributed by atoms with Crippen molar-refractivity contribution in [2.24, 2.45) is 11.7 Å². The average molecular weight is 512 g/mol. The van der Waals surface area contributed by atoms with Gasteiger partial charge in [-0.3, -0.25) is 14.6 Å². The van der Waals surface area contributed by atoms with Crippen molar-refractivity contribution in [2.75, 3.05) is 25.0 Å². The molecule has 0 unspecified atom stereocenters. The van der Waals surface area contributed by atoms with Crippen LogP contribution < -0.4 is 10.6 Å². The number of nitrogens with zero attached hydrogens (tertiary/aromatic N) is 4.